The van der Waals surface area contributed by atoms with Crippen LogP contribution in [0.2, 0.25) is 0 Å². The van der Waals surface area contributed by atoms with Gasteiger partial charge in [-0.2, -0.15) is 13.2 Å². The number of aromatic amines is 1. The summed E-state index contributed by atoms with van der Waals surface area (Å²) in [4.78, 5) is 28.6. The van der Waals surface area contributed by atoms with Crippen molar-refractivity contribution in [2.75, 3.05) is 18.0 Å². The number of H-pyrrole nitrogens is 1. The quantitative estimate of drug-likeness (QED) is 0.374. The van der Waals surface area contributed by atoms with Crippen LogP contribution in [0.5, 0.6) is 0 Å². The maximum absolute atomic E-state index is 15.6. The van der Waals surface area contributed by atoms with Crippen molar-refractivity contribution < 1.29 is 27.2 Å². The maximum Gasteiger partial charge on any atom is 0.416 e. The van der Waals surface area contributed by atoms with Crippen molar-refractivity contribution in [3.63, 3.8) is 0 Å². The molecule has 1 atom stereocenters. The molecule has 1 saturated heterocycles. The van der Waals surface area contributed by atoms with Crippen molar-refractivity contribution in [2.45, 2.75) is 44.3 Å². The molecule has 2 amide bonds. The summed E-state index contributed by atoms with van der Waals surface area (Å²) in [5, 5.41) is 3.68. The lowest BCUT2D eigenvalue weighted by atomic mass is 9.99. The van der Waals surface area contributed by atoms with Crippen molar-refractivity contribution in [3.05, 3.63) is 41.2 Å². The van der Waals surface area contributed by atoms with Crippen molar-refractivity contribution in [2.24, 2.45) is 11.7 Å². The van der Waals surface area contributed by atoms with Gasteiger partial charge in [-0.25, -0.2) is 4.39 Å². The van der Waals surface area contributed by atoms with Crippen LogP contribution in [0.3, 0.4) is 0 Å². The van der Waals surface area contributed by atoms with E-state index in [4.69, 9.17) is 5.73 Å². The van der Waals surface area contributed by atoms with Gasteiger partial charge in [0.2, 0.25) is 5.91 Å². The van der Waals surface area contributed by atoms with E-state index >= 15 is 4.39 Å². The van der Waals surface area contributed by atoms with Crippen LogP contribution < -0.4 is 16.0 Å². The first kappa shape index (κ1) is 24.0. The number of alkyl halides is 3. The molecule has 1 aromatic heterocycles. The molecule has 36 heavy (non-hydrogen) atoms. The summed E-state index contributed by atoms with van der Waals surface area (Å²) in [6, 6.07) is 4.18. The fourth-order valence-electron chi connectivity index (χ4n) is 4.82. The van der Waals surface area contributed by atoms with E-state index in [1.165, 1.54) is 12.1 Å². The Morgan fingerprint density at radius 2 is 1.97 bits per heavy atom. The molecule has 4 N–H and O–H groups in total. The van der Waals surface area contributed by atoms with Gasteiger partial charge in [0.05, 0.1) is 23.2 Å². The van der Waals surface area contributed by atoms with Gasteiger partial charge in [-0.1, -0.05) is 12.0 Å². The van der Waals surface area contributed by atoms with Crippen molar-refractivity contribution in [3.8, 4) is 11.8 Å². The largest absolute Gasteiger partial charge is 0.416 e. The Labute approximate surface area is 204 Å². The minimum Gasteiger partial charge on any atom is -0.369 e. The molecule has 3 aromatic rings. The molecule has 0 radical (unpaired) electrons. The predicted octanol–water partition coefficient (Wildman–Crippen LogP) is 4.01. The third kappa shape index (κ3) is 4.83. The average Bonchev–Trinajstić information content (AvgIpc) is 3.56. The molecular weight excluding hydrogens is 476 g/mol. The Morgan fingerprint density at radius 3 is 2.67 bits per heavy atom. The topological polar surface area (TPSA) is 91.2 Å². The van der Waals surface area contributed by atoms with Gasteiger partial charge in [0.1, 0.15) is 5.82 Å². The van der Waals surface area contributed by atoms with E-state index in [0.717, 1.165) is 25.0 Å². The molecule has 2 aromatic carbocycles. The van der Waals surface area contributed by atoms with Crippen LogP contribution in [0.25, 0.3) is 21.8 Å². The molecule has 1 aliphatic heterocycles. The highest BCUT2D eigenvalue weighted by molar-refractivity contribution is 6.15. The molecule has 6 nitrogen and oxygen atoms in total. The zero-order chi connectivity index (χ0) is 25.6. The second-order valence-electron chi connectivity index (χ2n) is 9.44. The van der Waals surface area contributed by atoms with Gasteiger partial charge >= 0.3 is 6.18 Å². The lowest BCUT2D eigenvalue weighted by molar-refractivity contribution is -0.137. The molecule has 1 aliphatic carbocycles. The highest BCUT2D eigenvalue weighted by Gasteiger charge is 2.32. The Bertz CT molecular complexity index is 1430. The van der Waals surface area contributed by atoms with Gasteiger partial charge in [0.25, 0.3) is 5.91 Å². The minimum absolute atomic E-state index is 0.176. The predicted molar refractivity (Wildman–Crippen MR) is 128 cm³/mol. The molecule has 188 valence electrons. The smallest absolute Gasteiger partial charge is 0.369 e. The molecule has 1 saturated carbocycles. The summed E-state index contributed by atoms with van der Waals surface area (Å²) in [7, 11) is 0. The summed E-state index contributed by atoms with van der Waals surface area (Å²) in [6.07, 6.45) is -1.44. The number of aromatic nitrogens is 1. The van der Waals surface area contributed by atoms with Gasteiger partial charge in [-0.05, 0) is 55.4 Å². The highest BCUT2D eigenvalue weighted by Crippen LogP contribution is 2.41. The van der Waals surface area contributed by atoms with Gasteiger partial charge in [0.15, 0.2) is 0 Å². The number of halogens is 4. The standard InChI is InChI=1S/C26H24F4N4O2/c27-19-10-15(11-21(31)35)24-23(18-7-6-16(26(28,29)30)12-20(18)33-24)25(19)34-9-1-2-17(13-34)32-22(36)8-5-14-3-4-14/h6-7,10,12,14,17,33H,1-4,9,11,13H2,(H2,31,35)(H,32,36)/t17-/m0/s1. The first-order valence-corrected chi connectivity index (χ1v) is 11.8. The SMILES string of the molecule is NC(=O)Cc1cc(F)c(N2CCC[C@H](NC(=O)C#CC3CC3)C2)c2c1[nH]c1cc(C(F)(F)F)ccc12. The molecule has 0 bridgehead atoms. The number of hydrogen-bond donors (Lipinski definition) is 3. The average molecular weight is 500 g/mol. The number of carbonyl (C=O) groups excluding carboxylic acids is 2. The van der Waals surface area contributed by atoms with E-state index in [1.54, 1.807) is 4.90 Å². The van der Waals surface area contributed by atoms with Crippen LogP contribution in [-0.4, -0.2) is 35.9 Å². The van der Waals surface area contributed by atoms with E-state index in [9.17, 15) is 22.8 Å². The van der Waals surface area contributed by atoms with E-state index < -0.39 is 23.5 Å². The van der Waals surface area contributed by atoms with E-state index in [2.05, 4.69) is 22.1 Å². The van der Waals surface area contributed by atoms with Crippen LogP contribution in [0.4, 0.5) is 23.2 Å². The second kappa shape index (κ2) is 9.04. The molecule has 5 rings (SSSR count). The lowest BCUT2D eigenvalue weighted by Gasteiger charge is -2.35. The van der Waals surface area contributed by atoms with Crippen LogP contribution in [0, 0.1) is 23.6 Å². The zero-order valence-electron chi connectivity index (χ0n) is 19.3. The summed E-state index contributed by atoms with van der Waals surface area (Å²) in [5.74, 6) is 4.15. The number of piperidine rings is 1. The third-order valence-corrected chi connectivity index (χ3v) is 6.62. The number of amides is 2. The van der Waals surface area contributed by atoms with Crippen LogP contribution in [-0.2, 0) is 22.2 Å². The summed E-state index contributed by atoms with van der Waals surface area (Å²) in [5.41, 5.74) is 5.53. The first-order valence-electron chi connectivity index (χ1n) is 11.8. The van der Waals surface area contributed by atoms with Crippen LogP contribution in [0.1, 0.15) is 36.8 Å². The fraction of sp³-hybridized carbons (Fsp3) is 0.385. The number of nitrogens with zero attached hydrogens (tertiary/aromatic N) is 1. The van der Waals surface area contributed by atoms with Crippen molar-refractivity contribution in [1.82, 2.24) is 10.3 Å². The second-order valence-corrected chi connectivity index (χ2v) is 9.44. The normalized spacial score (nSPS) is 18.2. The minimum atomic E-state index is -4.55. The Balaban J connectivity index is 1.56. The van der Waals surface area contributed by atoms with E-state index in [-0.39, 0.29) is 35.1 Å². The molecule has 10 heteroatoms. The number of primary amides is 1. The Kier molecular flexibility index (Phi) is 6.02. The third-order valence-electron chi connectivity index (χ3n) is 6.62. The number of nitrogens with one attached hydrogen (secondary N) is 2. The summed E-state index contributed by atoms with van der Waals surface area (Å²) >= 11 is 0. The number of hydrogen-bond acceptors (Lipinski definition) is 3. The van der Waals surface area contributed by atoms with Crippen molar-refractivity contribution >= 4 is 39.3 Å². The number of carbonyl (C=O) groups is 2. The fourth-order valence-corrected chi connectivity index (χ4v) is 4.82. The molecule has 2 heterocycles. The molecular formula is C26H24F4N4O2. The maximum atomic E-state index is 15.6. The van der Waals surface area contributed by atoms with Crippen LogP contribution >= 0.6 is 0 Å². The van der Waals surface area contributed by atoms with Gasteiger partial charge in [-0.3, -0.25) is 9.59 Å². The number of anilines is 1. The van der Waals surface area contributed by atoms with E-state index in [0.29, 0.717) is 48.1 Å². The number of benzene rings is 2. The number of nitrogens with two attached hydrogens (primary N) is 1. The number of rotatable bonds is 4. The molecule has 0 unspecified atom stereocenters. The van der Waals surface area contributed by atoms with E-state index in [1.807, 2.05) is 0 Å². The zero-order valence-corrected chi connectivity index (χ0v) is 19.3. The first-order chi connectivity index (χ1) is 17.1. The lowest BCUT2D eigenvalue weighted by Crippen LogP contribution is -2.47. The highest BCUT2D eigenvalue weighted by atomic mass is 19.4. The Morgan fingerprint density at radius 1 is 1.19 bits per heavy atom. The van der Waals surface area contributed by atoms with Crippen molar-refractivity contribution in [1.29, 1.82) is 0 Å². The van der Waals surface area contributed by atoms with Gasteiger partial charge in [-0.15, -0.1) is 0 Å². The molecule has 2 aliphatic rings. The van der Waals surface area contributed by atoms with Gasteiger partial charge < -0.3 is 20.9 Å². The number of fused-ring (bicyclic) bond motifs is 3. The molecule has 2 fully saturated rings. The molecule has 0 spiro atoms. The monoisotopic (exact) mass is 500 g/mol. The summed E-state index contributed by atoms with van der Waals surface area (Å²) < 4.78 is 55.6. The van der Waals surface area contributed by atoms with Crippen LogP contribution in [0.15, 0.2) is 24.3 Å². The Hall–Kier alpha value is -3.74. The summed E-state index contributed by atoms with van der Waals surface area (Å²) in [6.45, 7) is 0.806. The van der Waals surface area contributed by atoms with Gasteiger partial charge in [0, 0.05) is 41.3 Å².